The first-order valence-electron chi connectivity index (χ1n) is 14.0. The number of nitrogens with one attached hydrogen (secondary N) is 1. The Morgan fingerprint density at radius 2 is 1.95 bits per heavy atom. The molecule has 2 aliphatic rings. The average molecular weight is 524 g/mol. The van der Waals surface area contributed by atoms with Crippen LogP contribution in [0.3, 0.4) is 0 Å². The van der Waals surface area contributed by atoms with Crippen molar-refractivity contribution in [3.8, 4) is 0 Å². The minimum atomic E-state index is -0.584. The minimum Gasteiger partial charge on any atom is -0.387 e. The maximum Gasteiger partial charge on any atom is 0.248 e. The van der Waals surface area contributed by atoms with Crippen LogP contribution in [0.5, 0.6) is 0 Å². The van der Waals surface area contributed by atoms with Crippen molar-refractivity contribution in [2.45, 2.75) is 83.7 Å². The van der Waals surface area contributed by atoms with Crippen LogP contribution in [-0.2, 0) is 11.3 Å². The van der Waals surface area contributed by atoms with Crippen molar-refractivity contribution in [2.75, 3.05) is 13.2 Å². The van der Waals surface area contributed by atoms with Gasteiger partial charge in [0.1, 0.15) is 23.6 Å². The number of hydrogen-bond donors (Lipinski definition) is 2. The lowest BCUT2D eigenvalue weighted by Gasteiger charge is -2.35. The fourth-order valence-electron chi connectivity index (χ4n) is 6.45. The highest BCUT2D eigenvalue weighted by atomic mass is 19.1. The highest BCUT2D eigenvalue weighted by Crippen LogP contribution is 2.41. The number of hydrogen-bond acceptors (Lipinski definition) is 5. The number of H-pyrrole nitrogens is 1. The first-order chi connectivity index (χ1) is 18.4. The van der Waals surface area contributed by atoms with Crippen LogP contribution in [-0.4, -0.2) is 54.6 Å². The fourth-order valence-corrected chi connectivity index (χ4v) is 6.45. The van der Waals surface area contributed by atoms with E-state index >= 15 is 4.39 Å². The molecular weight excluding hydrogens is 485 g/mol. The predicted molar refractivity (Wildman–Crippen MR) is 142 cm³/mol. The summed E-state index contributed by atoms with van der Waals surface area (Å²) in [4.78, 5) is 35.5. The second kappa shape index (κ2) is 11.4. The molecule has 2 fully saturated rings. The number of carbonyl (C=O) groups excluding carboxylic acids is 2. The van der Waals surface area contributed by atoms with Crippen molar-refractivity contribution in [3.63, 3.8) is 0 Å². The van der Waals surface area contributed by atoms with Gasteiger partial charge in [-0.3, -0.25) is 14.3 Å². The molecule has 1 amide bonds. The quantitative estimate of drug-likeness (QED) is 0.398. The van der Waals surface area contributed by atoms with E-state index in [4.69, 9.17) is 4.98 Å². The van der Waals surface area contributed by atoms with Gasteiger partial charge in [-0.1, -0.05) is 25.8 Å². The number of ketones is 1. The molecule has 1 aromatic carbocycles. The number of amides is 1. The van der Waals surface area contributed by atoms with Crippen molar-refractivity contribution in [1.29, 1.82) is 0 Å². The maximum absolute atomic E-state index is 16.0. The van der Waals surface area contributed by atoms with Gasteiger partial charge in [0, 0.05) is 37.2 Å². The van der Waals surface area contributed by atoms with Crippen LogP contribution >= 0.6 is 0 Å². The second-order valence-electron chi connectivity index (χ2n) is 11.0. The lowest BCUT2D eigenvalue weighted by Crippen LogP contribution is -2.40. The van der Waals surface area contributed by atoms with Gasteiger partial charge in [-0.2, -0.15) is 5.10 Å². The van der Waals surface area contributed by atoms with E-state index in [0.29, 0.717) is 54.4 Å². The summed E-state index contributed by atoms with van der Waals surface area (Å²) in [5.74, 6) is 0.667. The second-order valence-corrected chi connectivity index (χ2v) is 11.0. The summed E-state index contributed by atoms with van der Waals surface area (Å²) in [6, 6.07) is 4.91. The molecule has 2 aromatic heterocycles. The Bertz CT molecular complexity index is 1290. The molecule has 0 radical (unpaired) electrons. The van der Waals surface area contributed by atoms with Gasteiger partial charge in [0.25, 0.3) is 0 Å². The fraction of sp³-hybridized carbons (Fsp3) is 0.586. The summed E-state index contributed by atoms with van der Waals surface area (Å²) in [5, 5.41) is 13.7. The number of aromatic amines is 1. The molecule has 8 nitrogen and oxygen atoms in total. The summed E-state index contributed by atoms with van der Waals surface area (Å²) < 4.78 is 17.7. The van der Waals surface area contributed by atoms with Crippen molar-refractivity contribution in [1.82, 2.24) is 24.6 Å². The third kappa shape index (κ3) is 5.13. The molecule has 1 saturated carbocycles. The monoisotopic (exact) mass is 523 g/mol. The number of piperidine rings is 1. The zero-order valence-electron chi connectivity index (χ0n) is 22.3. The van der Waals surface area contributed by atoms with Crippen LogP contribution < -0.4 is 0 Å². The number of imidazole rings is 1. The van der Waals surface area contributed by atoms with Gasteiger partial charge in [-0.15, -0.1) is 0 Å². The molecule has 204 valence electrons. The number of halogens is 1. The minimum absolute atomic E-state index is 0.0231. The van der Waals surface area contributed by atoms with Gasteiger partial charge in [-0.05, 0) is 63.0 Å². The molecule has 3 aromatic rings. The number of Topliss-reactive ketones (excluding diaryl/α,β-unsaturated/α-hetero) is 1. The number of aryl methyl sites for hydroxylation is 1. The summed E-state index contributed by atoms with van der Waals surface area (Å²) in [6.07, 6.45) is 8.56. The molecule has 2 N–H and O–H groups in total. The van der Waals surface area contributed by atoms with Crippen LogP contribution in [0.25, 0.3) is 11.0 Å². The molecule has 38 heavy (non-hydrogen) atoms. The van der Waals surface area contributed by atoms with Crippen molar-refractivity contribution in [3.05, 3.63) is 47.3 Å². The third-order valence-electron chi connectivity index (χ3n) is 8.65. The maximum atomic E-state index is 16.0. The number of fused-ring (bicyclic) bond motifs is 1. The lowest BCUT2D eigenvalue weighted by atomic mass is 9.74. The van der Waals surface area contributed by atoms with E-state index in [0.717, 1.165) is 38.5 Å². The highest BCUT2D eigenvalue weighted by Gasteiger charge is 2.34. The van der Waals surface area contributed by atoms with E-state index in [9.17, 15) is 14.7 Å². The largest absolute Gasteiger partial charge is 0.387 e. The summed E-state index contributed by atoms with van der Waals surface area (Å²) in [7, 11) is 0. The van der Waals surface area contributed by atoms with Gasteiger partial charge < -0.3 is 15.0 Å². The van der Waals surface area contributed by atoms with E-state index < -0.39 is 18.5 Å². The van der Waals surface area contributed by atoms with Crippen LogP contribution in [0.15, 0.2) is 24.4 Å². The van der Waals surface area contributed by atoms with E-state index in [1.54, 1.807) is 27.9 Å². The predicted octanol–water partition coefficient (Wildman–Crippen LogP) is 5.15. The van der Waals surface area contributed by atoms with E-state index in [1.807, 2.05) is 13.0 Å². The topological polar surface area (TPSA) is 104 Å². The number of nitrogens with zero attached hydrogens (tertiary/aromatic N) is 4. The summed E-state index contributed by atoms with van der Waals surface area (Å²) in [5.41, 5.74) is 1.87. The van der Waals surface area contributed by atoms with Crippen LogP contribution in [0.2, 0.25) is 0 Å². The Kier molecular flexibility index (Phi) is 7.93. The third-order valence-corrected chi connectivity index (χ3v) is 8.65. The smallest absolute Gasteiger partial charge is 0.248 e. The molecule has 0 bridgehead atoms. The Hall–Kier alpha value is -3.07. The SMILES string of the molecule is CCn1nccc1C(=O)C[C@H](c1nc2c(F)c(C3CCCCN3C(=O)CO)ccc2[nH]1)C1CCC(C)CC1. The molecule has 1 aliphatic heterocycles. The molecular formula is C29H38FN5O3. The number of aromatic nitrogens is 4. The number of rotatable bonds is 8. The molecule has 9 heteroatoms. The molecule has 0 spiro atoms. The molecule has 5 rings (SSSR count). The summed E-state index contributed by atoms with van der Waals surface area (Å²) >= 11 is 0. The first kappa shape index (κ1) is 26.5. The molecule has 1 saturated heterocycles. The van der Waals surface area contributed by atoms with Gasteiger partial charge in [0.2, 0.25) is 5.91 Å². The van der Waals surface area contributed by atoms with Gasteiger partial charge in [0.15, 0.2) is 11.6 Å². The van der Waals surface area contributed by atoms with E-state index in [2.05, 4.69) is 17.0 Å². The number of carbonyl (C=O) groups is 2. The molecule has 3 heterocycles. The van der Waals surface area contributed by atoms with Crippen molar-refractivity contribution >= 4 is 22.7 Å². The highest BCUT2D eigenvalue weighted by molar-refractivity contribution is 5.95. The van der Waals surface area contributed by atoms with Crippen molar-refractivity contribution in [2.24, 2.45) is 11.8 Å². The number of aliphatic hydroxyl groups is 1. The normalized spacial score (nSPS) is 23.1. The number of likely N-dealkylation sites (tertiary alicyclic amines) is 1. The van der Waals surface area contributed by atoms with Gasteiger partial charge >= 0.3 is 0 Å². The molecule has 2 atom stereocenters. The van der Waals surface area contributed by atoms with Crippen molar-refractivity contribution < 1.29 is 19.1 Å². The summed E-state index contributed by atoms with van der Waals surface area (Å²) in [6.45, 7) is 4.77. The van der Waals surface area contributed by atoms with Gasteiger partial charge in [-0.25, -0.2) is 9.37 Å². The standard InChI is InChI=1S/C29H38FN5O3/c1-3-35-24(13-14-31-35)25(37)16-21(19-9-7-18(2)8-10-19)29-32-22-12-11-20(27(30)28(22)33-29)23-6-4-5-15-34(23)26(38)17-36/h11-14,18-19,21,23,36H,3-10,15-17H2,1-2H3,(H,32,33)/t18?,19?,21-,23?/m0/s1. The Morgan fingerprint density at radius 3 is 2.68 bits per heavy atom. The van der Waals surface area contributed by atoms with Gasteiger partial charge in [0.05, 0.1) is 11.6 Å². The first-order valence-corrected chi connectivity index (χ1v) is 14.0. The average Bonchev–Trinajstić information content (AvgIpc) is 3.60. The Balaban J connectivity index is 1.49. The zero-order valence-corrected chi connectivity index (χ0v) is 22.3. The van der Waals surface area contributed by atoms with E-state index in [1.165, 1.54) is 0 Å². The van der Waals surface area contributed by atoms with E-state index in [-0.39, 0.29) is 29.0 Å². The Morgan fingerprint density at radius 1 is 1.16 bits per heavy atom. The Labute approximate surface area is 222 Å². The lowest BCUT2D eigenvalue weighted by molar-refractivity contribution is -0.138. The zero-order chi connectivity index (χ0) is 26.8. The van der Waals surface area contributed by atoms with Crippen LogP contribution in [0.1, 0.15) is 99.1 Å². The molecule has 1 aliphatic carbocycles. The van der Waals surface area contributed by atoms with Crippen LogP contribution in [0.4, 0.5) is 4.39 Å². The van der Waals surface area contributed by atoms with Crippen LogP contribution in [0, 0.1) is 17.7 Å². The number of benzene rings is 1. The number of aliphatic hydroxyl groups excluding tert-OH is 1. The molecule has 1 unspecified atom stereocenters.